The number of rotatable bonds is 9. The maximum Gasteiger partial charge on any atom is 0.281 e. The summed E-state index contributed by atoms with van der Waals surface area (Å²) in [5.41, 5.74) is 4.03. The van der Waals surface area contributed by atoms with Crippen molar-refractivity contribution < 1.29 is 13.2 Å². The molecule has 0 atom stereocenters. The van der Waals surface area contributed by atoms with Crippen molar-refractivity contribution in [3.63, 3.8) is 0 Å². The lowest BCUT2D eigenvalue weighted by Crippen LogP contribution is -2.48. The van der Waals surface area contributed by atoms with Crippen LogP contribution in [0.4, 0.5) is 5.69 Å². The van der Waals surface area contributed by atoms with Crippen LogP contribution < -0.4 is 5.32 Å². The standard InChI is InChI=1S/C26H35N5O3S/c1-4-30(5-2)35(33,34)31-17-15-21(16-18-31)26(32)27-22-10-8-9-20(19-22)13-14-25-28-23-11-6-7-12-24(23)29(25)3/h6-12,19,21H,4-5,13-18H2,1-3H3,(H,27,32). The highest BCUT2D eigenvalue weighted by Crippen LogP contribution is 2.24. The molecule has 1 fully saturated rings. The highest BCUT2D eigenvalue weighted by molar-refractivity contribution is 7.86. The number of carbonyl (C=O) groups excluding carboxylic acids is 1. The van der Waals surface area contributed by atoms with Gasteiger partial charge in [-0.3, -0.25) is 4.79 Å². The summed E-state index contributed by atoms with van der Waals surface area (Å²) in [5.74, 6) is 0.797. The molecule has 0 unspecified atom stereocenters. The Balaban J connectivity index is 1.33. The van der Waals surface area contributed by atoms with Crippen LogP contribution in [-0.4, -0.2) is 58.7 Å². The minimum atomic E-state index is -3.45. The van der Waals surface area contributed by atoms with E-state index in [1.165, 1.54) is 8.61 Å². The molecule has 1 aromatic heterocycles. The molecule has 0 aliphatic carbocycles. The maximum atomic E-state index is 12.9. The van der Waals surface area contributed by atoms with E-state index in [1.54, 1.807) is 0 Å². The minimum absolute atomic E-state index is 0.0441. The monoisotopic (exact) mass is 497 g/mol. The molecular weight excluding hydrogens is 462 g/mol. The van der Waals surface area contributed by atoms with E-state index in [-0.39, 0.29) is 11.8 Å². The second kappa shape index (κ2) is 10.9. The van der Waals surface area contributed by atoms with Crippen molar-refractivity contribution in [2.24, 2.45) is 13.0 Å². The Hall–Kier alpha value is -2.75. The van der Waals surface area contributed by atoms with Gasteiger partial charge in [-0.2, -0.15) is 17.0 Å². The first-order valence-electron chi connectivity index (χ1n) is 12.4. The summed E-state index contributed by atoms with van der Waals surface area (Å²) in [7, 11) is -1.41. The molecule has 8 nitrogen and oxygen atoms in total. The molecule has 188 valence electrons. The van der Waals surface area contributed by atoms with Gasteiger partial charge in [0.1, 0.15) is 5.82 Å². The summed E-state index contributed by atoms with van der Waals surface area (Å²) in [6.07, 6.45) is 2.68. The first-order valence-corrected chi connectivity index (χ1v) is 13.8. The highest BCUT2D eigenvalue weighted by atomic mass is 32.2. The maximum absolute atomic E-state index is 12.9. The second-order valence-corrected chi connectivity index (χ2v) is 11.0. The Kier molecular flexibility index (Phi) is 7.88. The van der Waals surface area contributed by atoms with Crippen LogP contribution in [0.25, 0.3) is 11.0 Å². The van der Waals surface area contributed by atoms with E-state index in [2.05, 4.69) is 22.0 Å². The number of amides is 1. The first-order chi connectivity index (χ1) is 16.8. The number of hydrogen-bond acceptors (Lipinski definition) is 4. The summed E-state index contributed by atoms with van der Waals surface area (Å²) < 4.78 is 30.6. The predicted molar refractivity (Wildman–Crippen MR) is 139 cm³/mol. The zero-order valence-electron chi connectivity index (χ0n) is 20.8. The van der Waals surface area contributed by atoms with E-state index >= 15 is 0 Å². The Morgan fingerprint density at radius 2 is 1.77 bits per heavy atom. The Bertz CT molecular complexity index is 1280. The van der Waals surface area contributed by atoms with Crippen molar-refractivity contribution in [3.8, 4) is 0 Å². The fourth-order valence-electron chi connectivity index (χ4n) is 4.79. The Morgan fingerprint density at radius 1 is 1.06 bits per heavy atom. The molecule has 2 aromatic carbocycles. The van der Waals surface area contributed by atoms with E-state index in [0.717, 1.165) is 41.0 Å². The number of carbonyl (C=O) groups is 1. The smallest absolute Gasteiger partial charge is 0.281 e. The predicted octanol–water partition coefficient (Wildman–Crippen LogP) is 3.60. The number of piperidine rings is 1. The van der Waals surface area contributed by atoms with Gasteiger partial charge in [-0.25, -0.2) is 4.98 Å². The van der Waals surface area contributed by atoms with E-state index in [1.807, 2.05) is 57.3 Å². The molecule has 2 heterocycles. The van der Waals surface area contributed by atoms with Crippen LogP contribution in [0.3, 0.4) is 0 Å². The van der Waals surface area contributed by atoms with Gasteiger partial charge in [0.2, 0.25) is 5.91 Å². The lowest BCUT2D eigenvalue weighted by Gasteiger charge is -2.33. The molecular formula is C26H35N5O3S. The van der Waals surface area contributed by atoms with Gasteiger partial charge in [0.25, 0.3) is 10.2 Å². The molecule has 3 aromatic rings. The average Bonchev–Trinajstić information content (AvgIpc) is 3.19. The summed E-state index contributed by atoms with van der Waals surface area (Å²) >= 11 is 0. The highest BCUT2D eigenvalue weighted by Gasteiger charge is 2.33. The van der Waals surface area contributed by atoms with Gasteiger partial charge in [0.05, 0.1) is 11.0 Å². The summed E-state index contributed by atoms with van der Waals surface area (Å²) in [6.45, 7) is 5.32. The first kappa shape index (κ1) is 25.3. The van der Waals surface area contributed by atoms with Crippen LogP contribution in [0.15, 0.2) is 48.5 Å². The molecule has 1 saturated heterocycles. The quantitative estimate of drug-likeness (QED) is 0.489. The molecule has 1 aliphatic rings. The third-order valence-corrected chi connectivity index (χ3v) is 9.08. The van der Waals surface area contributed by atoms with Gasteiger partial charge in [0.15, 0.2) is 0 Å². The molecule has 1 aliphatic heterocycles. The SMILES string of the molecule is CCN(CC)S(=O)(=O)N1CCC(C(=O)Nc2cccc(CCc3nc4ccccc4n3C)c2)CC1. The van der Waals surface area contributed by atoms with Crippen molar-refractivity contribution in [2.45, 2.75) is 39.5 Å². The van der Waals surface area contributed by atoms with Gasteiger partial charge >= 0.3 is 0 Å². The van der Waals surface area contributed by atoms with Crippen LogP contribution in [0.1, 0.15) is 38.1 Å². The molecule has 0 radical (unpaired) electrons. The zero-order valence-corrected chi connectivity index (χ0v) is 21.6. The molecule has 9 heteroatoms. The Morgan fingerprint density at radius 3 is 2.46 bits per heavy atom. The number of benzene rings is 2. The number of fused-ring (bicyclic) bond motifs is 1. The van der Waals surface area contributed by atoms with Gasteiger partial charge in [-0.15, -0.1) is 0 Å². The number of hydrogen-bond donors (Lipinski definition) is 1. The summed E-state index contributed by atoms with van der Waals surface area (Å²) in [4.78, 5) is 17.6. The molecule has 35 heavy (non-hydrogen) atoms. The van der Waals surface area contributed by atoms with E-state index < -0.39 is 10.2 Å². The lowest BCUT2D eigenvalue weighted by atomic mass is 9.97. The molecule has 4 rings (SSSR count). The van der Waals surface area contributed by atoms with E-state index in [0.29, 0.717) is 39.0 Å². The van der Waals surface area contributed by atoms with Crippen molar-refractivity contribution in [1.82, 2.24) is 18.2 Å². The summed E-state index contributed by atoms with van der Waals surface area (Å²) in [5, 5.41) is 3.04. The van der Waals surface area contributed by atoms with E-state index in [4.69, 9.17) is 4.98 Å². The number of aromatic nitrogens is 2. The van der Waals surface area contributed by atoms with Crippen LogP contribution in [-0.2, 0) is 34.9 Å². The minimum Gasteiger partial charge on any atom is -0.331 e. The fraction of sp³-hybridized carbons (Fsp3) is 0.462. The number of imidazole rings is 1. The van der Waals surface area contributed by atoms with Crippen molar-refractivity contribution in [1.29, 1.82) is 0 Å². The van der Waals surface area contributed by atoms with Gasteiger partial charge in [-0.05, 0) is 49.1 Å². The number of aryl methyl sites for hydroxylation is 3. The van der Waals surface area contributed by atoms with Gasteiger partial charge in [-0.1, -0.05) is 38.1 Å². The van der Waals surface area contributed by atoms with Crippen molar-refractivity contribution >= 4 is 32.8 Å². The number of nitrogens with one attached hydrogen (secondary N) is 1. The number of para-hydroxylation sites is 2. The van der Waals surface area contributed by atoms with Crippen LogP contribution in [0, 0.1) is 5.92 Å². The van der Waals surface area contributed by atoms with Crippen molar-refractivity contribution in [2.75, 3.05) is 31.5 Å². The topological polar surface area (TPSA) is 87.5 Å². The third kappa shape index (κ3) is 5.58. The lowest BCUT2D eigenvalue weighted by molar-refractivity contribution is -0.120. The number of anilines is 1. The average molecular weight is 498 g/mol. The molecule has 1 N–H and O–H groups in total. The molecule has 1 amide bonds. The van der Waals surface area contributed by atoms with Crippen LogP contribution >= 0.6 is 0 Å². The third-order valence-electron chi connectivity index (χ3n) is 6.89. The van der Waals surface area contributed by atoms with Gasteiger partial charge < -0.3 is 9.88 Å². The van der Waals surface area contributed by atoms with Crippen LogP contribution in [0.2, 0.25) is 0 Å². The fourth-order valence-corrected chi connectivity index (χ4v) is 6.44. The van der Waals surface area contributed by atoms with E-state index in [9.17, 15) is 13.2 Å². The summed E-state index contributed by atoms with van der Waals surface area (Å²) in [6, 6.07) is 16.1. The Labute approximate surface area is 208 Å². The van der Waals surface area contributed by atoms with Crippen molar-refractivity contribution in [3.05, 3.63) is 59.9 Å². The second-order valence-electron chi connectivity index (χ2n) is 9.03. The largest absolute Gasteiger partial charge is 0.331 e. The van der Waals surface area contributed by atoms with Crippen LogP contribution in [0.5, 0.6) is 0 Å². The van der Waals surface area contributed by atoms with Gasteiger partial charge in [0, 0.05) is 51.3 Å². The number of nitrogens with zero attached hydrogens (tertiary/aromatic N) is 4. The normalized spacial score (nSPS) is 15.7. The molecule has 0 spiro atoms. The zero-order chi connectivity index (χ0) is 25.0. The molecule has 0 bridgehead atoms. The molecule has 0 saturated carbocycles.